The highest BCUT2D eigenvalue weighted by atomic mass is 16.5. The number of benzene rings is 2. The van der Waals surface area contributed by atoms with Crippen molar-refractivity contribution in [3.63, 3.8) is 0 Å². The third kappa shape index (κ3) is 4.33. The lowest BCUT2D eigenvalue weighted by atomic mass is 10.1. The lowest BCUT2D eigenvalue weighted by Crippen LogP contribution is -2.25. The Morgan fingerprint density at radius 2 is 1.86 bits per heavy atom. The average Bonchev–Trinajstić information content (AvgIpc) is 2.54. The van der Waals surface area contributed by atoms with Crippen molar-refractivity contribution in [1.29, 1.82) is 0 Å². The van der Waals surface area contributed by atoms with E-state index in [1.165, 1.54) is 0 Å². The molecule has 0 saturated carbocycles. The fraction of sp³-hybridized carbons (Fsp3) is 0.278. The summed E-state index contributed by atoms with van der Waals surface area (Å²) in [6.07, 6.45) is 0.540. The highest BCUT2D eigenvalue weighted by molar-refractivity contribution is 5.96. The van der Waals surface area contributed by atoms with E-state index in [2.05, 4.69) is 5.32 Å². The number of amides is 1. The van der Waals surface area contributed by atoms with Gasteiger partial charge in [-0.1, -0.05) is 36.4 Å². The number of carbonyl (C=O) groups is 1. The van der Waals surface area contributed by atoms with Gasteiger partial charge in [-0.2, -0.15) is 0 Å². The number of hydrogen-bond donors (Lipinski definition) is 2. The second kappa shape index (κ2) is 8.20. The van der Waals surface area contributed by atoms with Gasteiger partial charge >= 0.3 is 0 Å². The molecule has 0 aromatic heterocycles. The second-order valence-corrected chi connectivity index (χ2v) is 5.04. The average molecular weight is 299 g/mol. The Hall–Kier alpha value is -2.33. The Labute approximate surface area is 130 Å². The Bertz CT molecular complexity index is 625. The molecular weight excluding hydrogens is 278 g/mol. The lowest BCUT2D eigenvalue weighted by Gasteiger charge is -2.12. The fourth-order valence-corrected chi connectivity index (χ4v) is 2.08. The number of carbonyl (C=O) groups excluding carboxylic acids is 1. The zero-order chi connectivity index (χ0) is 15.8. The SMILES string of the molecule is Cc1ccccc1COc1ccccc1C(=O)NCCCO. The summed E-state index contributed by atoms with van der Waals surface area (Å²) in [7, 11) is 0. The van der Waals surface area contributed by atoms with Crippen molar-refractivity contribution in [2.24, 2.45) is 0 Å². The first-order valence-electron chi connectivity index (χ1n) is 7.37. The molecule has 0 atom stereocenters. The maximum atomic E-state index is 12.1. The van der Waals surface area contributed by atoms with Crippen LogP contribution in [-0.2, 0) is 6.61 Å². The first kappa shape index (κ1) is 16.0. The summed E-state index contributed by atoms with van der Waals surface area (Å²) in [4.78, 5) is 12.1. The van der Waals surface area contributed by atoms with Gasteiger partial charge in [-0.3, -0.25) is 4.79 Å². The highest BCUT2D eigenvalue weighted by Crippen LogP contribution is 2.20. The van der Waals surface area contributed by atoms with E-state index in [1.807, 2.05) is 43.3 Å². The molecule has 4 heteroatoms. The summed E-state index contributed by atoms with van der Waals surface area (Å²) in [6, 6.07) is 15.2. The van der Waals surface area contributed by atoms with Crippen LogP contribution in [0.1, 0.15) is 27.9 Å². The summed E-state index contributed by atoms with van der Waals surface area (Å²) >= 11 is 0. The zero-order valence-electron chi connectivity index (χ0n) is 12.7. The molecule has 0 unspecified atom stereocenters. The molecule has 0 fully saturated rings. The molecule has 0 aliphatic heterocycles. The Morgan fingerprint density at radius 1 is 1.14 bits per heavy atom. The van der Waals surface area contributed by atoms with Crippen molar-refractivity contribution in [2.45, 2.75) is 20.0 Å². The minimum Gasteiger partial charge on any atom is -0.488 e. The topological polar surface area (TPSA) is 58.6 Å². The number of aliphatic hydroxyl groups is 1. The van der Waals surface area contributed by atoms with Gasteiger partial charge in [0.1, 0.15) is 12.4 Å². The second-order valence-electron chi connectivity index (χ2n) is 5.04. The van der Waals surface area contributed by atoms with Gasteiger partial charge in [0.15, 0.2) is 0 Å². The Morgan fingerprint density at radius 3 is 2.64 bits per heavy atom. The van der Waals surface area contributed by atoms with Gasteiger partial charge in [-0.25, -0.2) is 0 Å². The maximum absolute atomic E-state index is 12.1. The minimum atomic E-state index is -0.186. The number of nitrogens with one attached hydrogen (secondary N) is 1. The first-order valence-corrected chi connectivity index (χ1v) is 7.37. The van der Waals surface area contributed by atoms with Gasteiger partial charge in [-0.15, -0.1) is 0 Å². The van der Waals surface area contributed by atoms with Gasteiger partial charge in [0.25, 0.3) is 5.91 Å². The van der Waals surface area contributed by atoms with Gasteiger partial charge in [0.05, 0.1) is 5.56 Å². The largest absolute Gasteiger partial charge is 0.488 e. The third-order valence-corrected chi connectivity index (χ3v) is 3.40. The van der Waals surface area contributed by atoms with Crippen LogP contribution >= 0.6 is 0 Å². The summed E-state index contributed by atoms with van der Waals surface area (Å²) in [6.45, 7) is 2.97. The molecule has 4 nitrogen and oxygen atoms in total. The van der Waals surface area contributed by atoms with Crippen LogP contribution in [-0.4, -0.2) is 24.2 Å². The molecule has 0 heterocycles. The quantitative estimate of drug-likeness (QED) is 0.773. The molecule has 22 heavy (non-hydrogen) atoms. The van der Waals surface area contributed by atoms with Gasteiger partial charge in [0, 0.05) is 13.2 Å². The number of aryl methyl sites for hydroxylation is 1. The van der Waals surface area contributed by atoms with Crippen LogP contribution in [0.2, 0.25) is 0 Å². The predicted octanol–water partition coefficient (Wildman–Crippen LogP) is 2.69. The van der Waals surface area contributed by atoms with E-state index in [0.29, 0.717) is 30.9 Å². The summed E-state index contributed by atoms with van der Waals surface area (Å²) in [5.41, 5.74) is 2.76. The molecule has 0 spiro atoms. The van der Waals surface area contributed by atoms with Crippen LogP contribution in [0, 0.1) is 6.92 Å². The molecule has 0 radical (unpaired) electrons. The minimum absolute atomic E-state index is 0.0612. The molecule has 0 bridgehead atoms. The van der Waals surface area contributed by atoms with E-state index in [4.69, 9.17) is 9.84 Å². The van der Waals surface area contributed by atoms with E-state index in [-0.39, 0.29) is 12.5 Å². The van der Waals surface area contributed by atoms with E-state index >= 15 is 0 Å². The van der Waals surface area contributed by atoms with Crippen LogP contribution < -0.4 is 10.1 Å². The molecule has 2 N–H and O–H groups in total. The Kier molecular flexibility index (Phi) is 5.98. The van der Waals surface area contributed by atoms with Crippen molar-refractivity contribution in [2.75, 3.05) is 13.2 Å². The van der Waals surface area contributed by atoms with E-state index in [0.717, 1.165) is 11.1 Å². The number of rotatable bonds is 7. The van der Waals surface area contributed by atoms with E-state index < -0.39 is 0 Å². The Balaban J connectivity index is 2.05. The number of hydrogen-bond acceptors (Lipinski definition) is 3. The monoisotopic (exact) mass is 299 g/mol. The van der Waals surface area contributed by atoms with Crippen LogP contribution in [0.15, 0.2) is 48.5 Å². The van der Waals surface area contributed by atoms with Gasteiger partial charge < -0.3 is 15.2 Å². The predicted molar refractivity (Wildman–Crippen MR) is 86.0 cm³/mol. The smallest absolute Gasteiger partial charge is 0.255 e. The van der Waals surface area contributed by atoms with Crippen LogP contribution in [0.4, 0.5) is 0 Å². The highest BCUT2D eigenvalue weighted by Gasteiger charge is 2.11. The van der Waals surface area contributed by atoms with Gasteiger partial charge in [-0.05, 0) is 36.6 Å². The summed E-state index contributed by atoms with van der Waals surface area (Å²) in [5, 5.41) is 11.5. The molecule has 2 aromatic carbocycles. The van der Waals surface area contributed by atoms with E-state index in [1.54, 1.807) is 12.1 Å². The van der Waals surface area contributed by atoms with Crippen LogP contribution in [0.3, 0.4) is 0 Å². The van der Waals surface area contributed by atoms with Crippen molar-refractivity contribution in [1.82, 2.24) is 5.32 Å². The first-order chi connectivity index (χ1) is 10.7. The van der Waals surface area contributed by atoms with Crippen molar-refractivity contribution < 1.29 is 14.6 Å². The molecule has 0 aliphatic carbocycles. The molecule has 1 amide bonds. The molecule has 2 rings (SSSR count). The third-order valence-electron chi connectivity index (χ3n) is 3.40. The molecule has 0 aliphatic rings. The van der Waals surface area contributed by atoms with Crippen molar-refractivity contribution in [3.8, 4) is 5.75 Å². The van der Waals surface area contributed by atoms with Gasteiger partial charge in [0.2, 0.25) is 0 Å². The standard InChI is InChI=1S/C18H21NO3/c1-14-7-2-3-8-15(14)13-22-17-10-5-4-9-16(17)18(21)19-11-6-12-20/h2-5,7-10,20H,6,11-13H2,1H3,(H,19,21). The molecule has 0 saturated heterocycles. The number of aliphatic hydroxyl groups excluding tert-OH is 1. The lowest BCUT2D eigenvalue weighted by molar-refractivity contribution is 0.0946. The molecule has 116 valence electrons. The molecular formula is C18H21NO3. The maximum Gasteiger partial charge on any atom is 0.255 e. The van der Waals surface area contributed by atoms with E-state index in [9.17, 15) is 4.79 Å². The number of para-hydroxylation sites is 1. The van der Waals surface area contributed by atoms with Crippen molar-refractivity contribution >= 4 is 5.91 Å². The van der Waals surface area contributed by atoms with Crippen LogP contribution in [0.5, 0.6) is 5.75 Å². The zero-order valence-corrected chi connectivity index (χ0v) is 12.7. The number of ether oxygens (including phenoxy) is 1. The fourth-order valence-electron chi connectivity index (χ4n) is 2.08. The molecule has 2 aromatic rings. The summed E-state index contributed by atoms with van der Waals surface area (Å²) < 4.78 is 5.82. The van der Waals surface area contributed by atoms with Crippen molar-refractivity contribution in [3.05, 3.63) is 65.2 Å². The summed E-state index contributed by atoms with van der Waals surface area (Å²) in [5.74, 6) is 0.376. The normalized spacial score (nSPS) is 10.3. The van der Waals surface area contributed by atoms with Crippen LogP contribution in [0.25, 0.3) is 0 Å².